The van der Waals surface area contributed by atoms with Gasteiger partial charge in [0.15, 0.2) is 0 Å². The van der Waals surface area contributed by atoms with E-state index < -0.39 is 0 Å². The monoisotopic (exact) mass is 295 g/mol. The normalized spacial score (nSPS) is 14.7. The van der Waals surface area contributed by atoms with E-state index in [1.165, 1.54) is 10.7 Å². The van der Waals surface area contributed by atoms with Crippen molar-refractivity contribution in [1.82, 2.24) is 20.3 Å². The van der Waals surface area contributed by atoms with E-state index in [0.29, 0.717) is 5.69 Å². The molecular weight excluding hydrogens is 281 g/mol. The molecule has 1 N–H and O–H groups in total. The molecule has 0 aliphatic carbocycles. The summed E-state index contributed by atoms with van der Waals surface area (Å²) < 4.78 is 16.0. The second-order valence-corrected chi connectivity index (χ2v) is 5.17. The van der Waals surface area contributed by atoms with Gasteiger partial charge in [-0.15, -0.1) is 5.10 Å². The smallest absolute Gasteiger partial charge is 0.149 e. The van der Waals surface area contributed by atoms with Crippen molar-refractivity contribution < 1.29 is 4.39 Å². The molecule has 1 aromatic heterocycles. The van der Waals surface area contributed by atoms with E-state index in [-0.39, 0.29) is 5.82 Å². The molecule has 110 valence electrons. The molecule has 5 nitrogen and oxygen atoms in total. The predicted molar refractivity (Wildman–Crippen MR) is 82.8 cm³/mol. The Kier molecular flexibility index (Phi) is 3.07. The molecule has 1 aliphatic rings. The van der Waals surface area contributed by atoms with Crippen LogP contribution in [0.15, 0.2) is 47.5 Å². The summed E-state index contributed by atoms with van der Waals surface area (Å²) in [7, 11) is 0. The summed E-state index contributed by atoms with van der Waals surface area (Å²) in [5.41, 5.74) is 2.66. The molecule has 0 spiro atoms. The minimum atomic E-state index is -0.344. The fourth-order valence-electron chi connectivity index (χ4n) is 2.60. The fraction of sp³-hybridized carbons (Fsp3) is 0.188. The molecule has 4 rings (SSSR count). The van der Waals surface area contributed by atoms with Gasteiger partial charge in [-0.05, 0) is 36.8 Å². The zero-order valence-corrected chi connectivity index (χ0v) is 11.8. The van der Waals surface area contributed by atoms with Gasteiger partial charge in [0.1, 0.15) is 22.9 Å². The SMILES string of the molecule is Fc1cc(C2=NCCCN2)ccc1-n1nnc2ccccc21. The number of hydrogen-bond acceptors (Lipinski definition) is 4. The largest absolute Gasteiger partial charge is 0.370 e. The number of aliphatic imine (C=N–C) groups is 1. The van der Waals surface area contributed by atoms with E-state index in [1.54, 1.807) is 6.07 Å². The van der Waals surface area contributed by atoms with Crippen LogP contribution in [-0.2, 0) is 0 Å². The lowest BCUT2D eigenvalue weighted by molar-refractivity contribution is 0.609. The van der Waals surface area contributed by atoms with Gasteiger partial charge in [0.25, 0.3) is 0 Å². The van der Waals surface area contributed by atoms with Gasteiger partial charge in [-0.25, -0.2) is 9.07 Å². The number of aromatic nitrogens is 3. The van der Waals surface area contributed by atoms with Crippen LogP contribution in [0.2, 0.25) is 0 Å². The van der Waals surface area contributed by atoms with E-state index in [2.05, 4.69) is 20.6 Å². The highest BCUT2D eigenvalue weighted by atomic mass is 19.1. The second-order valence-electron chi connectivity index (χ2n) is 5.17. The molecule has 2 heterocycles. The number of benzene rings is 2. The first-order valence-electron chi connectivity index (χ1n) is 7.22. The molecule has 0 amide bonds. The molecule has 0 bridgehead atoms. The van der Waals surface area contributed by atoms with E-state index in [4.69, 9.17) is 0 Å². The highest BCUT2D eigenvalue weighted by molar-refractivity contribution is 5.99. The number of amidine groups is 1. The van der Waals surface area contributed by atoms with Crippen LogP contribution in [0.4, 0.5) is 4.39 Å². The van der Waals surface area contributed by atoms with E-state index in [0.717, 1.165) is 41.9 Å². The van der Waals surface area contributed by atoms with Gasteiger partial charge in [-0.1, -0.05) is 17.3 Å². The van der Waals surface area contributed by atoms with E-state index >= 15 is 0 Å². The Labute approximate surface area is 126 Å². The van der Waals surface area contributed by atoms with Crippen LogP contribution in [-0.4, -0.2) is 33.9 Å². The Morgan fingerprint density at radius 2 is 2.05 bits per heavy atom. The molecule has 0 radical (unpaired) electrons. The Morgan fingerprint density at radius 1 is 1.14 bits per heavy atom. The van der Waals surface area contributed by atoms with Crippen molar-refractivity contribution in [1.29, 1.82) is 0 Å². The van der Waals surface area contributed by atoms with Gasteiger partial charge in [-0.3, -0.25) is 4.99 Å². The van der Waals surface area contributed by atoms with Crippen LogP contribution in [0, 0.1) is 5.82 Å². The zero-order valence-electron chi connectivity index (χ0n) is 11.8. The molecule has 0 unspecified atom stereocenters. The van der Waals surface area contributed by atoms with Crippen molar-refractivity contribution in [3.05, 3.63) is 53.8 Å². The number of rotatable bonds is 2. The Balaban J connectivity index is 1.78. The van der Waals surface area contributed by atoms with Crippen LogP contribution < -0.4 is 5.32 Å². The molecule has 6 heteroatoms. The maximum absolute atomic E-state index is 14.5. The number of para-hydroxylation sites is 1. The first kappa shape index (κ1) is 12.9. The average Bonchev–Trinajstić information content (AvgIpc) is 2.99. The lowest BCUT2D eigenvalue weighted by atomic mass is 10.1. The summed E-state index contributed by atoms with van der Waals surface area (Å²) in [6, 6.07) is 12.5. The number of nitrogens with zero attached hydrogens (tertiary/aromatic N) is 4. The van der Waals surface area contributed by atoms with Crippen molar-refractivity contribution in [2.24, 2.45) is 4.99 Å². The lowest BCUT2D eigenvalue weighted by Gasteiger charge is -2.15. The van der Waals surface area contributed by atoms with Crippen LogP contribution in [0.1, 0.15) is 12.0 Å². The summed E-state index contributed by atoms with van der Waals surface area (Å²) in [6.45, 7) is 1.65. The molecular formula is C16H14FN5. The average molecular weight is 295 g/mol. The third-order valence-corrected chi connectivity index (χ3v) is 3.70. The summed E-state index contributed by atoms with van der Waals surface area (Å²) in [6.07, 6.45) is 1.01. The molecule has 1 aliphatic heterocycles. The molecule has 22 heavy (non-hydrogen) atoms. The van der Waals surface area contributed by atoms with Gasteiger partial charge >= 0.3 is 0 Å². The molecule has 3 aromatic rings. The van der Waals surface area contributed by atoms with Crippen molar-refractivity contribution in [3.8, 4) is 5.69 Å². The number of halogens is 1. The van der Waals surface area contributed by atoms with Crippen LogP contribution in [0.3, 0.4) is 0 Å². The zero-order chi connectivity index (χ0) is 14.9. The van der Waals surface area contributed by atoms with Crippen LogP contribution in [0.25, 0.3) is 16.7 Å². The molecule has 2 aromatic carbocycles. The topological polar surface area (TPSA) is 55.1 Å². The minimum absolute atomic E-state index is 0.344. The fourth-order valence-corrected chi connectivity index (χ4v) is 2.60. The highest BCUT2D eigenvalue weighted by Crippen LogP contribution is 2.20. The summed E-state index contributed by atoms with van der Waals surface area (Å²) >= 11 is 0. The minimum Gasteiger partial charge on any atom is -0.370 e. The molecule has 0 atom stereocenters. The van der Waals surface area contributed by atoms with Gasteiger partial charge in [-0.2, -0.15) is 0 Å². The summed E-state index contributed by atoms with van der Waals surface area (Å²) in [5, 5.41) is 11.3. The maximum Gasteiger partial charge on any atom is 0.149 e. The Bertz CT molecular complexity index is 868. The lowest BCUT2D eigenvalue weighted by Crippen LogP contribution is -2.30. The second kappa shape index (κ2) is 5.22. The van der Waals surface area contributed by atoms with Crippen molar-refractivity contribution in [2.75, 3.05) is 13.1 Å². The van der Waals surface area contributed by atoms with Gasteiger partial charge in [0.05, 0.1) is 5.52 Å². The quantitative estimate of drug-likeness (QED) is 0.789. The number of fused-ring (bicyclic) bond motifs is 1. The predicted octanol–water partition coefficient (Wildman–Crippen LogP) is 2.30. The third kappa shape index (κ3) is 2.13. The Hall–Kier alpha value is -2.76. The molecule has 0 saturated heterocycles. The van der Waals surface area contributed by atoms with Crippen molar-refractivity contribution >= 4 is 16.9 Å². The van der Waals surface area contributed by atoms with Gasteiger partial charge in [0.2, 0.25) is 0 Å². The van der Waals surface area contributed by atoms with Gasteiger partial charge in [0, 0.05) is 18.7 Å². The summed E-state index contributed by atoms with van der Waals surface area (Å²) in [5.74, 6) is 0.406. The highest BCUT2D eigenvalue weighted by Gasteiger charge is 2.13. The Morgan fingerprint density at radius 3 is 2.86 bits per heavy atom. The number of hydrogen-bond donors (Lipinski definition) is 1. The maximum atomic E-state index is 14.5. The van der Waals surface area contributed by atoms with E-state index in [1.807, 2.05) is 30.3 Å². The molecule has 0 fully saturated rings. The van der Waals surface area contributed by atoms with Crippen molar-refractivity contribution in [2.45, 2.75) is 6.42 Å². The van der Waals surface area contributed by atoms with E-state index in [9.17, 15) is 4.39 Å². The number of nitrogens with one attached hydrogen (secondary N) is 1. The first-order valence-corrected chi connectivity index (χ1v) is 7.22. The standard InChI is InChI=1S/C16H14FN5/c17-12-10-11(16-18-8-3-9-19-16)6-7-14(12)22-15-5-2-1-4-13(15)20-21-22/h1-2,4-7,10H,3,8-9H2,(H,18,19). The third-order valence-electron chi connectivity index (χ3n) is 3.70. The van der Waals surface area contributed by atoms with Crippen LogP contribution in [0.5, 0.6) is 0 Å². The summed E-state index contributed by atoms with van der Waals surface area (Å²) in [4.78, 5) is 4.39. The van der Waals surface area contributed by atoms with Crippen molar-refractivity contribution in [3.63, 3.8) is 0 Å². The first-order chi connectivity index (χ1) is 10.8. The molecule has 0 saturated carbocycles. The van der Waals surface area contributed by atoms with Gasteiger partial charge < -0.3 is 5.32 Å². The van der Waals surface area contributed by atoms with Crippen LogP contribution >= 0.6 is 0 Å².